The first kappa shape index (κ1) is 17.0. The maximum absolute atomic E-state index is 13.0. The van der Waals surface area contributed by atoms with Gasteiger partial charge in [0.1, 0.15) is 12.7 Å². The summed E-state index contributed by atoms with van der Waals surface area (Å²) in [6.07, 6.45) is 6.13. The molecule has 140 valence electrons. The molecular weight excluding hydrogens is 374 g/mol. The molecule has 0 bridgehead atoms. The molecule has 2 aromatic heterocycles. The quantitative estimate of drug-likeness (QED) is 0.549. The fourth-order valence-electron chi connectivity index (χ4n) is 3.98. The second kappa shape index (κ2) is 6.80. The van der Waals surface area contributed by atoms with Crippen molar-refractivity contribution in [3.63, 3.8) is 0 Å². The Hall–Kier alpha value is -3.12. The van der Waals surface area contributed by atoms with Gasteiger partial charge in [-0.05, 0) is 49.1 Å². The van der Waals surface area contributed by atoms with Crippen molar-refractivity contribution in [1.29, 1.82) is 0 Å². The largest absolute Gasteiger partial charge is 0.356 e. The van der Waals surface area contributed by atoms with Crippen LogP contribution in [0.5, 0.6) is 0 Å². The summed E-state index contributed by atoms with van der Waals surface area (Å²) in [4.78, 5) is 16.5. The zero-order chi connectivity index (χ0) is 19.1. The Kier molecular flexibility index (Phi) is 4.13. The smallest absolute Gasteiger partial charge is 0.253 e. The van der Waals surface area contributed by atoms with Gasteiger partial charge in [0.05, 0.1) is 16.6 Å². The van der Waals surface area contributed by atoms with E-state index in [-0.39, 0.29) is 11.9 Å². The van der Waals surface area contributed by atoms with Crippen LogP contribution in [0, 0.1) is 0 Å². The Labute approximate surface area is 166 Å². The molecule has 1 amide bonds. The predicted octanol–water partition coefficient (Wildman–Crippen LogP) is 4.21. The van der Waals surface area contributed by atoms with Gasteiger partial charge in [-0.25, -0.2) is 0 Å². The molecule has 2 aromatic carbocycles. The van der Waals surface area contributed by atoms with Crippen molar-refractivity contribution in [2.45, 2.75) is 25.3 Å². The highest BCUT2D eigenvalue weighted by Crippen LogP contribution is 2.35. The number of aryl methyl sites for hydroxylation is 1. The maximum atomic E-state index is 13.0. The fourth-order valence-corrected chi connectivity index (χ4v) is 4.18. The number of aromatic amines is 1. The summed E-state index contributed by atoms with van der Waals surface area (Å²) in [5.74, 6) is -0.184. The Morgan fingerprint density at radius 3 is 2.86 bits per heavy atom. The summed E-state index contributed by atoms with van der Waals surface area (Å²) in [5.41, 5.74) is 4.75. The molecule has 2 N–H and O–H groups in total. The Morgan fingerprint density at radius 2 is 2.00 bits per heavy atom. The summed E-state index contributed by atoms with van der Waals surface area (Å²) in [7, 11) is 0. The fraction of sp³-hybridized carbons (Fsp3) is 0.190. The molecule has 4 aromatic rings. The van der Waals surface area contributed by atoms with Crippen LogP contribution in [0.4, 0.5) is 0 Å². The van der Waals surface area contributed by atoms with E-state index in [1.54, 1.807) is 29.4 Å². The van der Waals surface area contributed by atoms with Gasteiger partial charge in [-0.15, -0.1) is 10.2 Å². The minimum absolute atomic E-state index is 0.0571. The summed E-state index contributed by atoms with van der Waals surface area (Å²) in [6, 6.07) is 13.5. The molecule has 28 heavy (non-hydrogen) atoms. The number of H-pyrrole nitrogens is 1. The maximum Gasteiger partial charge on any atom is 0.253 e. The van der Waals surface area contributed by atoms with Gasteiger partial charge in [0, 0.05) is 22.3 Å². The molecule has 0 spiro atoms. The third-order valence-electron chi connectivity index (χ3n) is 5.33. The molecule has 1 aliphatic rings. The highest BCUT2D eigenvalue weighted by molar-refractivity contribution is 6.33. The number of amides is 1. The predicted molar refractivity (Wildman–Crippen MR) is 108 cm³/mol. The van der Waals surface area contributed by atoms with Gasteiger partial charge in [0.2, 0.25) is 0 Å². The van der Waals surface area contributed by atoms with Crippen molar-refractivity contribution in [2.24, 2.45) is 0 Å². The highest BCUT2D eigenvalue weighted by atomic mass is 35.5. The van der Waals surface area contributed by atoms with Crippen LogP contribution in [0.15, 0.2) is 55.1 Å². The first-order valence-electron chi connectivity index (χ1n) is 9.25. The molecular formula is C21H18ClN5O. The zero-order valence-corrected chi connectivity index (χ0v) is 15.8. The van der Waals surface area contributed by atoms with E-state index in [1.807, 2.05) is 12.1 Å². The zero-order valence-electron chi connectivity index (χ0n) is 15.0. The third-order valence-corrected chi connectivity index (χ3v) is 5.66. The van der Waals surface area contributed by atoms with Crippen LogP contribution in [-0.4, -0.2) is 25.7 Å². The molecule has 6 nitrogen and oxygen atoms in total. The monoisotopic (exact) mass is 391 g/mol. The number of hydrogen-bond acceptors (Lipinski definition) is 3. The van der Waals surface area contributed by atoms with E-state index in [0.29, 0.717) is 10.6 Å². The number of fused-ring (bicyclic) bond motifs is 3. The molecule has 1 atom stereocenters. The third kappa shape index (κ3) is 2.86. The molecule has 1 aliphatic carbocycles. The van der Waals surface area contributed by atoms with Crippen LogP contribution in [0.2, 0.25) is 5.02 Å². The highest BCUT2D eigenvalue weighted by Gasteiger charge is 2.26. The van der Waals surface area contributed by atoms with E-state index < -0.39 is 0 Å². The van der Waals surface area contributed by atoms with Crippen molar-refractivity contribution in [3.8, 4) is 5.69 Å². The van der Waals surface area contributed by atoms with Gasteiger partial charge in [-0.3, -0.25) is 9.36 Å². The number of nitrogens with one attached hydrogen (secondary N) is 2. The first-order chi connectivity index (χ1) is 13.7. The minimum Gasteiger partial charge on any atom is -0.356 e. The van der Waals surface area contributed by atoms with Crippen molar-refractivity contribution in [2.75, 3.05) is 0 Å². The number of halogens is 1. The molecule has 0 saturated heterocycles. The van der Waals surface area contributed by atoms with Gasteiger partial charge in [0.15, 0.2) is 0 Å². The molecule has 0 saturated carbocycles. The second-order valence-electron chi connectivity index (χ2n) is 7.01. The molecule has 5 rings (SSSR count). The van der Waals surface area contributed by atoms with E-state index in [0.717, 1.165) is 36.2 Å². The summed E-state index contributed by atoms with van der Waals surface area (Å²) in [5, 5.41) is 12.4. The van der Waals surface area contributed by atoms with E-state index in [1.165, 1.54) is 10.9 Å². The Balaban J connectivity index is 1.46. The van der Waals surface area contributed by atoms with Crippen LogP contribution < -0.4 is 5.32 Å². The molecule has 0 unspecified atom stereocenters. The molecule has 2 heterocycles. The van der Waals surface area contributed by atoms with Crippen LogP contribution in [0.3, 0.4) is 0 Å². The number of aromatic nitrogens is 4. The lowest BCUT2D eigenvalue weighted by molar-refractivity contribution is 0.0932. The van der Waals surface area contributed by atoms with Crippen LogP contribution >= 0.6 is 11.6 Å². The van der Waals surface area contributed by atoms with E-state index in [2.05, 4.69) is 38.7 Å². The van der Waals surface area contributed by atoms with E-state index >= 15 is 0 Å². The normalized spacial score (nSPS) is 16.1. The summed E-state index contributed by atoms with van der Waals surface area (Å²) < 4.78 is 1.74. The van der Waals surface area contributed by atoms with E-state index in [9.17, 15) is 4.79 Å². The lowest BCUT2D eigenvalue weighted by Gasteiger charge is -2.24. The number of carbonyl (C=O) groups is 1. The second-order valence-corrected chi connectivity index (χ2v) is 7.42. The number of carbonyl (C=O) groups excluding carboxylic acids is 1. The van der Waals surface area contributed by atoms with Crippen molar-refractivity contribution >= 4 is 28.4 Å². The SMILES string of the molecule is O=C(N[C@H]1CCCc2c1[nH]c1ccccc21)c1cc(-n2cnnc2)ccc1Cl. The van der Waals surface area contributed by atoms with Crippen LogP contribution in [0.25, 0.3) is 16.6 Å². The molecule has 0 radical (unpaired) electrons. The van der Waals surface area contributed by atoms with Gasteiger partial charge < -0.3 is 10.3 Å². The minimum atomic E-state index is -0.184. The van der Waals surface area contributed by atoms with Crippen molar-refractivity contribution in [3.05, 3.63) is 77.0 Å². The average molecular weight is 392 g/mol. The number of hydrogen-bond donors (Lipinski definition) is 2. The first-order valence-corrected chi connectivity index (χ1v) is 9.63. The average Bonchev–Trinajstić information content (AvgIpc) is 3.37. The van der Waals surface area contributed by atoms with Gasteiger partial charge in [-0.1, -0.05) is 29.8 Å². The van der Waals surface area contributed by atoms with Crippen LogP contribution in [0.1, 0.15) is 40.5 Å². The molecule has 7 heteroatoms. The van der Waals surface area contributed by atoms with Gasteiger partial charge in [0.25, 0.3) is 5.91 Å². The Bertz CT molecular complexity index is 1160. The lowest BCUT2D eigenvalue weighted by atomic mass is 9.91. The Morgan fingerprint density at radius 1 is 1.18 bits per heavy atom. The lowest BCUT2D eigenvalue weighted by Crippen LogP contribution is -2.31. The number of para-hydroxylation sites is 1. The van der Waals surface area contributed by atoms with E-state index in [4.69, 9.17) is 11.6 Å². The standard InChI is InChI=1S/C21H18ClN5O/c22-17-9-8-13(27-11-23-24-12-27)10-16(17)21(28)26-19-7-3-5-15-14-4-1-2-6-18(14)25-20(15)19/h1-2,4,6,8-12,19,25H,3,5,7H2,(H,26,28)/t19-/m0/s1. The molecule has 0 fully saturated rings. The van der Waals surface area contributed by atoms with Crippen molar-refractivity contribution < 1.29 is 4.79 Å². The number of benzene rings is 2. The van der Waals surface area contributed by atoms with Gasteiger partial charge >= 0.3 is 0 Å². The summed E-state index contributed by atoms with van der Waals surface area (Å²) in [6.45, 7) is 0. The van der Waals surface area contributed by atoms with Crippen molar-refractivity contribution in [1.82, 2.24) is 25.1 Å². The number of nitrogens with zero attached hydrogens (tertiary/aromatic N) is 3. The topological polar surface area (TPSA) is 75.6 Å². The number of rotatable bonds is 3. The van der Waals surface area contributed by atoms with Crippen LogP contribution in [-0.2, 0) is 6.42 Å². The molecule has 0 aliphatic heterocycles. The van der Waals surface area contributed by atoms with Gasteiger partial charge in [-0.2, -0.15) is 0 Å². The summed E-state index contributed by atoms with van der Waals surface area (Å²) >= 11 is 6.33.